The summed E-state index contributed by atoms with van der Waals surface area (Å²) in [5.41, 5.74) is 4.07. The maximum atomic E-state index is 4.57. The van der Waals surface area contributed by atoms with Crippen molar-refractivity contribution in [2.75, 3.05) is 0 Å². The van der Waals surface area contributed by atoms with Crippen molar-refractivity contribution in [3.05, 3.63) is 29.1 Å². The third kappa shape index (κ3) is 1.48. The SMILES string of the molecule is CCc1ccc2c(n1)CCC2.N. The van der Waals surface area contributed by atoms with E-state index in [1.54, 1.807) is 0 Å². The van der Waals surface area contributed by atoms with E-state index in [0.29, 0.717) is 0 Å². The lowest BCUT2D eigenvalue weighted by Crippen LogP contribution is -1.92. The first kappa shape index (κ1) is 9.20. The molecule has 0 saturated carbocycles. The summed E-state index contributed by atoms with van der Waals surface area (Å²) in [6.45, 7) is 2.16. The molecule has 0 saturated heterocycles. The molecule has 1 heterocycles. The standard InChI is InChI=1S/C10H13N.H3N/c1-2-9-7-6-8-4-3-5-10(8)11-9;/h6-7H,2-5H2,1H3;1H3. The van der Waals surface area contributed by atoms with Gasteiger partial charge in [-0.1, -0.05) is 13.0 Å². The zero-order valence-electron chi connectivity index (χ0n) is 7.64. The summed E-state index contributed by atoms with van der Waals surface area (Å²) in [5.74, 6) is 0. The maximum Gasteiger partial charge on any atom is 0.0438 e. The summed E-state index contributed by atoms with van der Waals surface area (Å²) < 4.78 is 0. The van der Waals surface area contributed by atoms with Crippen LogP contribution in [-0.4, -0.2) is 4.98 Å². The Morgan fingerprint density at radius 1 is 1.33 bits per heavy atom. The van der Waals surface area contributed by atoms with Gasteiger partial charge in [0.15, 0.2) is 0 Å². The molecule has 0 atom stereocenters. The van der Waals surface area contributed by atoms with Crippen molar-refractivity contribution in [2.24, 2.45) is 0 Å². The number of nitrogens with zero attached hydrogens (tertiary/aromatic N) is 1. The van der Waals surface area contributed by atoms with Crippen LogP contribution in [0.5, 0.6) is 0 Å². The molecule has 0 aromatic carbocycles. The Kier molecular flexibility index (Phi) is 2.82. The van der Waals surface area contributed by atoms with E-state index in [9.17, 15) is 0 Å². The summed E-state index contributed by atoms with van der Waals surface area (Å²) in [7, 11) is 0. The largest absolute Gasteiger partial charge is 0.344 e. The van der Waals surface area contributed by atoms with Crippen LogP contribution in [0.3, 0.4) is 0 Å². The molecule has 1 aliphatic rings. The second-order valence-electron chi connectivity index (χ2n) is 3.12. The van der Waals surface area contributed by atoms with Crippen molar-refractivity contribution in [3.63, 3.8) is 0 Å². The highest BCUT2D eigenvalue weighted by atomic mass is 14.7. The summed E-state index contributed by atoms with van der Waals surface area (Å²) in [4.78, 5) is 4.57. The molecule has 0 aliphatic heterocycles. The lowest BCUT2D eigenvalue weighted by Gasteiger charge is -1.99. The van der Waals surface area contributed by atoms with Crippen LogP contribution in [0.25, 0.3) is 0 Å². The van der Waals surface area contributed by atoms with Crippen molar-refractivity contribution < 1.29 is 0 Å². The number of aryl methyl sites for hydroxylation is 3. The van der Waals surface area contributed by atoms with Crippen molar-refractivity contribution in [1.29, 1.82) is 0 Å². The zero-order valence-corrected chi connectivity index (χ0v) is 7.64. The summed E-state index contributed by atoms with van der Waals surface area (Å²) in [5, 5.41) is 0. The van der Waals surface area contributed by atoms with E-state index in [2.05, 4.69) is 24.0 Å². The quantitative estimate of drug-likeness (QED) is 0.692. The second-order valence-corrected chi connectivity index (χ2v) is 3.12. The predicted molar refractivity (Wildman–Crippen MR) is 50.7 cm³/mol. The van der Waals surface area contributed by atoms with Gasteiger partial charge in [-0.2, -0.15) is 0 Å². The van der Waals surface area contributed by atoms with Gasteiger partial charge in [-0.25, -0.2) is 0 Å². The fraction of sp³-hybridized carbons (Fsp3) is 0.500. The molecule has 2 heteroatoms. The molecule has 1 aromatic rings. The molecular weight excluding hydrogens is 148 g/mol. The number of pyridine rings is 1. The highest BCUT2D eigenvalue weighted by molar-refractivity contribution is 5.26. The molecule has 2 nitrogen and oxygen atoms in total. The first-order valence-electron chi connectivity index (χ1n) is 4.38. The van der Waals surface area contributed by atoms with E-state index in [-0.39, 0.29) is 6.15 Å². The van der Waals surface area contributed by atoms with Crippen LogP contribution >= 0.6 is 0 Å². The van der Waals surface area contributed by atoms with E-state index in [1.807, 2.05) is 0 Å². The minimum absolute atomic E-state index is 0. The normalized spacial score (nSPS) is 13.8. The Morgan fingerprint density at radius 2 is 2.17 bits per heavy atom. The second kappa shape index (κ2) is 3.68. The Labute approximate surface area is 73.6 Å². The van der Waals surface area contributed by atoms with Crippen LogP contribution in [0, 0.1) is 0 Å². The van der Waals surface area contributed by atoms with Crippen molar-refractivity contribution in [2.45, 2.75) is 32.6 Å². The molecule has 0 amide bonds. The average Bonchev–Trinajstić information content (AvgIpc) is 2.50. The van der Waals surface area contributed by atoms with E-state index >= 15 is 0 Å². The smallest absolute Gasteiger partial charge is 0.0438 e. The monoisotopic (exact) mass is 164 g/mol. The Hall–Kier alpha value is -0.890. The van der Waals surface area contributed by atoms with Crippen LogP contribution in [0.4, 0.5) is 0 Å². The Bertz CT molecular complexity index is 269. The molecule has 0 radical (unpaired) electrons. The van der Waals surface area contributed by atoms with E-state index in [4.69, 9.17) is 0 Å². The number of rotatable bonds is 1. The molecule has 0 bridgehead atoms. The van der Waals surface area contributed by atoms with Gasteiger partial charge in [0.25, 0.3) is 0 Å². The maximum absolute atomic E-state index is 4.57. The third-order valence-electron chi connectivity index (χ3n) is 2.35. The predicted octanol–water partition coefficient (Wildman–Crippen LogP) is 2.29. The number of hydrogen-bond donors (Lipinski definition) is 1. The summed E-state index contributed by atoms with van der Waals surface area (Å²) >= 11 is 0. The van der Waals surface area contributed by atoms with Gasteiger partial charge in [0, 0.05) is 11.4 Å². The van der Waals surface area contributed by atoms with Crippen LogP contribution in [0.2, 0.25) is 0 Å². The van der Waals surface area contributed by atoms with Gasteiger partial charge >= 0.3 is 0 Å². The molecule has 1 aromatic heterocycles. The minimum atomic E-state index is 0. The first-order valence-corrected chi connectivity index (χ1v) is 4.38. The molecule has 0 unspecified atom stereocenters. The van der Waals surface area contributed by atoms with Gasteiger partial charge in [0.2, 0.25) is 0 Å². The third-order valence-corrected chi connectivity index (χ3v) is 2.35. The van der Waals surface area contributed by atoms with Gasteiger partial charge in [0.1, 0.15) is 0 Å². The van der Waals surface area contributed by atoms with E-state index in [1.165, 1.54) is 36.2 Å². The lowest BCUT2D eigenvalue weighted by atomic mass is 10.2. The van der Waals surface area contributed by atoms with Gasteiger partial charge in [-0.15, -0.1) is 0 Å². The number of aromatic nitrogens is 1. The van der Waals surface area contributed by atoms with Crippen LogP contribution in [-0.2, 0) is 19.3 Å². The molecule has 12 heavy (non-hydrogen) atoms. The van der Waals surface area contributed by atoms with Crippen molar-refractivity contribution in [3.8, 4) is 0 Å². The summed E-state index contributed by atoms with van der Waals surface area (Å²) in [6.07, 6.45) is 4.80. The fourth-order valence-corrected chi connectivity index (χ4v) is 1.66. The minimum Gasteiger partial charge on any atom is -0.344 e. The fourth-order valence-electron chi connectivity index (χ4n) is 1.66. The number of hydrogen-bond acceptors (Lipinski definition) is 2. The topological polar surface area (TPSA) is 47.9 Å². The molecule has 0 spiro atoms. The van der Waals surface area contributed by atoms with Gasteiger partial charge < -0.3 is 6.15 Å². The van der Waals surface area contributed by atoms with Crippen molar-refractivity contribution in [1.82, 2.24) is 11.1 Å². The summed E-state index contributed by atoms with van der Waals surface area (Å²) in [6, 6.07) is 4.40. The Balaban J connectivity index is 0.000000720. The first-order chi connectivity index (χ1) is 5.40. The average molecular weight is 164 g/mol. The number of fused-ring (bicyclic) bond motifs is 1. The van der Waals surface area contributed by atoms with Crippen LogP contribution in [0.15, 0.2) is 12.1 Å². The van der Waals surface area contributed by atoms with E-state index in [0.717, 1.165) is 6.42 Å². The van der Waals surface area contributed by atoms with Gasteiger partial charge in [-0.05, 0) is 37.3 Å². The highest BCUT2D eigenvalue weighted by Crippen LogP contribution is 2.19. The highest BCUT2D eigenvalue weighted by Gasteiger charge is 2.11. The molecule has 1 aliphatic carbocycles. The molecular formula is C10H16N2. The molecule has 0 fully saturated rings. The Morgan fingerprint density at radius 3 is 2.92 bits per heavy atom. The lowest BCUT2D eigenvalue weighted by molar-refractivity contribution is 0.891. The van der Waals surface area contributed by atoms with Gasteiger partial charge in [0.05, 0.1) is 0 Å². The molecule has 2 rings (SSSR count). The van der Waals surface area contributed by atoms with Crippen molar-refractivity contribution >= 4 is 0 Å². The van der Waals surface area contributed by atoms with Gasteiger partial charge in [-0.3, -0.25) is 4.98 Å². The van der Waals surface area contributed by atoms with Crippen LogP contribution in [0.1, 0.15) is 30.3 Å². The van der Waals surface area contributed by atoms with E-state index < -0.39 is 0 Å². The molecule has 66 valence electrons. The zero-order chi connectivity index (χ0) is 7.68. The molecule has 3 N–H and O–H groups in total. The van der Waals surface area contributed by atoms with Crippen LogP contribution < -0.4 is 6.15 Å².